The number of benzene rings is 2. The number of pyridine rings is 1. The van der Waals surface area contributed by atoms with Crippen LogP contribution in [0.5, 0.6) is 0 Å². The summed E-state index contributed by atoms with van der Waals surface area (Å²) < 4.78 is 5.09. The molecule has 0 amide bonds. The van der Waals surface area contributed by atoms with E-state index < -0.39 is 0 Å². The highest BCUT2D eigenvalue weighted by atomic mass is 127. The van der Waals surface area contributed by atoms with Gasteiger partial charge in [0.05, 0.1) is 5.69 Å². The maximum absolute atomic E-state index is 5.85. The number of nitrogens with one attached hydrogen (secondary N) is 1. The first-order valence-corrected chi connectivity index (χ1v) is 10.3. The molecule has 0 aliphatic carbocycles. The van der Waals surface area contributed by atoms with Gasteiger partial charge in [-0.25, -0.2) is 0 Å². The number of nitrogen functional groups attached to an aromatic ring is 1. The van der Waals surface area contributed by atoms with E-state index in [4.69, 9.17) is 5.73 Å². The minimum absolute atomic E-state index is 0.683. The first-order valence-electron chi connectivity index (χ1n) is 7.60. The van der Waals surface area contributed by atoms with Crippen LogP contribution in [0.1, 0.15) is 16.7 Å². The van der Waals surface area contributed by atoms with Crippen LogP contribution >= 0.6 is 54.7 Å². The van der Waals surface area contributed by atoms with Crippen molar-refractivity contribution in [1.29, 1.82) is 0 Å². The van der Waals surface area contributed by atoms with E-state index in [2.05, 4.69) is 75.8 Å². The van der Waals surface area contributed by atoms with E-state index in [1.54, 1.807) is 12.4 Å². The van der Waals surface area contributed by atoms with Crippen molar-refractivity contribution in [3.05, 3.63) is 85.7 Å². The largest absolute Gasteiger partial charge is 0.398 e. The lowest BCUT2D eigenvalue weighted by atomic mass is 10.1. The summed E-state index contributed by atoms with van der Waals surface area (Å²) >= 11 is 8.82. The molecule has 132 valence electrons. The monoisotopic (exact) mass is 583 g/mol. The fraction of sp³-hybridized carbons (Fsp3) is 0.0500. The van der Waals surface area contributed by atoms with Gasteiger partial charge in [0.1, 0.15) is 0 Å². The summed E-state index contributed by atoms with van der Waals surface area (Å²) in [6.45, 7) is 2.01. The summed E-state index contributed by atoms with van der Waals surface area (Å²) in [6, 6.07) is 15.6. The van der Waals surface area contributed by atoms with Crippen molar-refractivity contribution in [3.8, 4) is 11.8 Å². The molecule has 3 aromatic rings. The van der Waals surface area contributed by atoms with Crippen LogP contribution in [0.2, 0.25) is 0 Å². The molecule has 0 aliphatic rings. The van der Waals surface area contributed by atoms with Crippen LogP contribution < -0.4 is 10.1 Å². The Balaban J connectivity index is 0.000000228. The lowest BCUT2D eigenvalue weighted by molar-refractivity contribution is 1.27. The first kappa shape index (κ1) is 20.7. The van der Waals surface area contributed by atoms with Crippen LogP contribution in [0.15, 0.2) is 65.4 Å². The minimum Gasteiger partial charge on any atom is -0.398 e. The zero-order chi connectivity index (χ0) is 18.9. The van der Waals surface area contributed by atoms with Gasteiger partial charge in [-0.2, -0.15) is 0 Å². The molecule has 1 heterocycles. The standard InChI is InChI=1S/C14H11BrN2.C6H5BrIN/c1-10-6-7-17-9-12(10)3-2-11-8-13(15)4-5-14(11)16;7-9-6-4-2-1-3-5(6)8/h4-9H,16H2,1H3;1-4,9H. The normalized spacial score (nSPS) is 9.38. The molecule has 0 unspecified atom stereocenters. The van der Waals surface area contributed by atoms with Gasteiger partial charge in [0.25, 0.3) is 0 Å². The highest BCUT2D eigenvalue weighted by Gasteiger charge is 1.97. The van der Waals surface area contributed by atoms with Crippen molar-refractivity contribution >= 4 is 66.0 Å². The molecule has 0 radical (unpaired) electrons. The van der Waals surface area contributed by atoms with E-state index in [9.17, 15) is 0 Å². The molecule has 3 N–H and O–H groups in total. The Bertz CT molecular complexity index is 949. The van der Waals surface area contributed by atoms with Gasteiger partial charge in [0.2, 0.25) is 0 Å². The third-order valence-corrected chi connectivity index (χ3v) is 5.22. The molecular formula is C20H16Br2IN3. The summed E-state index contributed by atoms with van der Waals surface area (Å²) in [6.07, 6.45) is 3.52. The number of nitrogens with two attached hydrogens (primary N) is 1. The van der Waals surface area contributed by atoms with Crippen LogP contribution in [-0.4, -0.2) is 4.98 Å². The zero-order valence-electron chi connectivity index (χ0n) is 13.9. The Morgan fingerprint density at radius 2 is 1.81 bits per heavy atom. The van der Waals surface area contributed by atoms with E-state index in [0.717, 1.165) is 26.9 Å². The van der Waals surface area contributed by atoms with Crippen LogP contribution in [0.25, 0.3) is 0 Å². The predicted molar refractivity (Wildman–Crippen MR) is 125 cm³/mol. The number of hydrogen-bond donors (Lipinski definition) is 2. The molecule has 0 atom stereocenters. The molecule has 2 aromatic carbocycles. The Labute approximate surface area is 184 Å². The second-order valence-electron chi connectivity index (χ2n) is 5.25. The third kappa shape index (κ3) is 6.31. The van der Waals surface area contributed by atoms with Gasteiger partial charge in [0, 0.05) is 53.4 Å². The summed E-state index contributed by atoms with van der Waals surface area (Å²) in [7, 11) is 0. The van der Waals surface area contributed by atoms with E-state index in [0.29, 0.717) is 5.69 Å². The number of nitrogens with zero attached hydrogens (tertiary/aromatic N) is 1. The summed E-state index contributed by atoms with van der Waals surface area (Å²) in [5, 5.41) is 0. The Kier molecular flexibility index (Phi) is 8.42. The summed E-state index contributed by atoms with van der Waals surface area (Å²) in [5.74, 6) is 6.15. The van der Waals surface area contributed by atoms with Crippen LogP contribution in [0.3, 0.4) is 0 Å². The van der Waals surface area contributed by atoms with Gasteiger partial charge < -0.3 is 10.1 Å². The molecule has 0 bridgehead atoms. The fourth-order valence-electron chi connectivity index (χ4n) is 1.90. The molecule has 0 spiro atoms. The SMILES string of the molecule is BrNc1ccccc1I.Cc1ccncc1C#Cc1cc(Br)ccc1N. The molecule has 26 heavy (non-hydrogen) atoms. The minimum atomic E-state index is 0.683. The number of para-hydroxylation sites is 1. The van der Waals surface area contributed by atoms with Gasteiger partial charge in [-0.15, -0.1) is 0 Å². The number of halogens is 3. The average Bonchev–Trinajstić information content (AvgIpc) is 2.64. The molecule has 3 nitrogen and oxygen atoms in total. The molecule has 0 fully saturated rings. The third-order valence-electron chi connectivity index (χ3n) is 3.36. The molecule has 0 saturated heterocycles. The molecule has 0 aliphatic heterocycles. The highest BCUT2D eigenvalue weighted by Crippen LogP contribution is 2.18. The Hall–Kier alpha value is -1.56. The smallest absolute Gasteiger partial charge is 0.0575 e. The zero-order valence-corrected chi connectivity index (χ0v) is 19.3. The number of aromatic nitrogens is 1. The van der Waals surface area contributed by atoms with Crippen LogP contribution in [0, 0.1) is 22.3 Å². The van der Waals surface area contributed by atoms with Crippen molar-refractivity contribution in [3.63, 3.8) is 0 Å². The highest BCUT2D eigenvalue weighted by molar-refractivity contribution is 14.1. The number of aryl methyl sites for hydroxylation is 1. The fourth-order valence-corrected chi connectivity index (χ4v) is 3.50. The summed E-state index contributed by atoms with van der Waals surface area (Å²) in [4.78, 5) is 4.05. The quantitative estimate of drug-likeness (QED) is 0.156. The topological polar surface area (TPSA) is 50.9 Å². The van der Waals surface area contributed by atoms with Gasteiger partial charge in [0.15, 0.2) is 0 Å². The van der Waals surface area contributed by atoms with E-state index in [1.165, 1.54) is 3.57 Å². The second kappa shape index (κ2) is 10.6. The van der Waals surface area contributed by atoms with Gasteiger partial charge >= 0.3 is 0 Å². The Morgan fingerprint density at radius 3 is 2.46 bits per heavy atom. The number of anilines is 2. The average molecular weight is 585 g/mol. The van der Waals surface area contributed by atoms with E-state index in [-0.39, 0.29) is 0 Å². The molecule has 6 heteroatoms. The predicted octanol–water partition coefficient (Wildman–Crippen LogP) is 6.15. The number of rotatable bonds is 1. The summed E-state index contributed by atoms with van der Waals surface area (Å²) in [5.41, 5.74) is 10.5. The maximum Gasteiger partial charge on any atom is 0.0575 e. The number of hydrogen-bond acceptors (Lipinski definition) is 3. The molecule has 0 saturated carbocycles. The van der Waals surface area contributed by atoms with Crippen molar-refractivity contribution in [2.75, 3.05) is 10.1 Å². The van der Waals surface area contributed by atoms with Crippen molar-refractivity contribution in [2.24, 2.45) is 0 Å². The van der Waals surface area contributed by atoms with Gasteiger partial charge in [-0.05, 0) is 71.5 Å². The van der Waals surface area contributed by atoms with Crippen LogP contribution in [-0.2, 0) is 0 Å². The Morgan fingerprint density at radius 1 is 1.08 bits per heavy atom. The molecular weight excluding hydrogens is 569 g/mol. The van der Waals surface area contributed by atoms with Crippen LogP contribution in [0.4, 0.5) is 11.4 Å². The molecule has 3 rings (SSSR count). The molecule has 1 aromatic heterocycles. The van der Waals surface area contributed by atoms with Gasteiger partial charge in [-0.3, -0.25) is 4.98 Å². The van der Waals surface area contributed by atoms with Crippen molar-refractivity contribution in [1.82, 2.24) is 4.98 Å². The second-order valence-corrected chi connectivity index (χ2v) is 7.72. The van der Waals surface area contributed by atoms with Gasteiger partial charge in [-0.1, -0.05) is 39.9 Å². The lowest BCUT2D eigenvalue weighted by Gasteiger charge is -1.98. The lowest BCUT2D eigenvalue weighted by Crippen LogP contribution is -1.90. The van der Waals surface area contributed by atoms with E-state index >= 15 is 0 Å². The van der Waals surface area contributed by atoms with E-state index in [1.807, 2.05) is 55.5 Å². The maximum atomic E-state index is 5.85. The van der Waals surface area contributed by atoms with Crippen molar-refractivity contribution < 1.29 is 0 Å². The first-order chi connectivity index (χ1) is 12.5. The van der Waals surface area contributed by atoms with Crippen molar-refractivity contribution in [2.45, 2.75) is 6.92 Å².